The second kappa shape index (κ2) is 5.93. The smallest absolute Gasteiger partial charge is 0.311 e. The van der Waals surface area contributed by atoms with Gasteiger partial charge in [-0.2, -0.15) is 0 Å². The molecule has 0 aromatic heterocycles. The Labute approximate surface area is 115 Å². The third kappa shape index (κ3) is 3.48. The zero-order chi connectivity index (χ0) is 13.9. The van der Waals surface area contributed by atoms with Crippen molar-refractivity contribution in [3.63, 3.8) is 0 Å². The van der Waals surface area contributed by atoms with Crippen LogP contribution in [0.1, 0.15) is 58.3 Å². The molecule has 2 aliphatic rings. The molecular weight excluding hydrogens is 242 g/mol. The summed E-state index contributed by atoms with van der Waals surface area (Å²) >= 11 is 0. The quantitative estimate of drug-likeness (QED) is 0.752. The summed E-state index contributed by atoms with van der Waals surface area (Å²) in [5, 5.41) is 12.4. The van der Waals surface area contributed by atoms with Gasteiger partial charge in [-0.15, -0.1) is 0 Å². The molecule has 1 unspecified atom stereocenters. The standard InChI is InChI=1S/C15H25NO3/c1-11(12-6-7-12)13(17)16-10-15(14(18)19)8-4-2-3-5-9-15/h11-12H,2-10H2,1H3,(H,16,17)(H,18,19). The molecule has 2 aliphatic carbocycles. The highest BCUT2D eigenvalue weighted by molar-refractivity contribution is 5.81. The van der Waals surface area contributed by atoms with E-state index in [1.807, 2.05) is 6.92 Å². The SMILES string of the molecule is CC(C(=O)NCC1(C(=O)O)CCCCCC1)C1CC1. The Hall–Kier alpha value is -1.06. The molecule has 0 spiro atoms. The molecule has 0 bridgehead atoms. The molecule has 4 heteroatoms. The zero-order valence-corrected chi connectivity index (χ0v) is 11.8. The molecule has 0 heterocycles. The number of carbonyl (C=O) groups is 2. The van der Waals surface area contributed by atoms with Crippen LogP contribution in [0.25, 0.3) is 0 Å². The van der Waals surface area contributed by atoms with E-state index in [1.165, 1.54) is 0 Å². The lowest BCUT2D eigenvalue weighted by atomic mass is 9.80. The lowest BCUT2D eigenvalue weighted by molar-refractivity contribution is -0.150. The minimum Gasteiger partial charge on any atom is -0.481 e. The molecule has 0 aromatic carbocycles. The molecule has 1 atom stereocenters. The largest absolute Gasteiger partial charge is 0.481 e. The van der Waals surface area contributed by atoms with Gasteiger partial charge < -0.3 is 10.4 Å². The Morgan fingerprint density at radius 2 is 1.79 bits per heavy atom. The second-order valence-corrected chi connectivity index (χ2v) is 6.34. The number of aliphatic carboxylic acids is 1. The van der Waals surface area contributed by atoms with E-state index in [0.29, 0.717) is 25.3 Å². The maximum Gasteiger partial charge on any atom is 0.311 e. The number of hydrogen-bond donors (Lipinski definition) is 2. The fraction of sp³-hybridized carbons (Fsp3) is 0.867. The van der Waals surface area contributed by atoms with Crippen molar-refractivity contribution in [3.05, 3.63) is 0 Å². The van der Waals surface area contributed by atoms with E-state index in [0.717, 1.165) is 38.5 Å². The molecular formula is C15H25NO3. The molecule has 0 radical (unpaired) electrons. The van der Waals surface area contributed by atoms with Gasteiger partial charge in [-0.05, 0) is 31.6 Å². The summed E-state index contributed by atoms with van der Waals surface area (Å²) in [6, 6.07) is 0. The summed E-state index contributed by atoms with van der Waals surface area (Å²) in [5.41, 5.74) is -0.727. The van der Waals surface area contributed by atoms with Crippen LogP contribution in [0.5, 0.6) is 0 Å². The number of rotatable bonds is 5. The fourth-order valence-electron chi connectivity index (χ4n) is 3.10. The van der Waals surface area contributed by atoms with Crippen LogP contribution in [0.2, 0.25) is 0 Å². The van der Waals surface area contributed by atoms with E-state index in [2.05, 4.69) is 5.32 Å². The number of nitrogens with one attached hydrogen (secondary N) is 1. The van der Waals surface area contributed by atoms with Crippen molar-refractivity contribution in [1.29, 1.82) is 0 Å². The van der Waals surface area contributed by atoms with E-state index >= 15 is 0 Å². The van der Waals surface area contributed by atoms with Gasteiger partial charge in [-0.25, -0.2) is 0 Å². The first-order chi connectivity index (χ1) is 9.05. The third-order valence-corrected chi connectivity index (χ3v) is 4.86. The molecule has 108 valence electrons. The highest BCUT2D eigenvalue weighted by Gasteiger charge is 2.40. The third-order valence-electron chi connectivity index (χ3n) is 4.86. The first-order valence-electron chi connectivity index (χ1n) is 7.56. The average Bonchev–Trinajstić information content (AvgIpc) is 3.21. The fourth-order valence-corrected chi connectivity index (χ4v) is 3.10. The highest BCUT2D eigenvalue weighted by Crippen LogP contribution is 2.37. The van der Waals surface area contributed by atoms with Gasteiger partial charge in [0.25, 0.3) is 0 Å². The van der Waals surface area contributed by atoms with E-state index < -0.39 is 11.4 Å². The Bertz CT molecular complexity index is 341. The lowest BCUT2D eigenvalue weighted by Gasteiger charge is -2.28. The van der Waals surface area contributed by atoms with Gasteiger partial charge in [0.1, 0.15) is 0 Å². The maximum atomic E-state index is 12.0. The summed E-state index contributed by atoms with van der Waals surface area (Å²) in [6.45, 7) is 2.26. The van der Waals surface area contributed by atoms with E-state index in [-0.39, 0.29) is 11.8 Å². The van der Waals surface area contributed by atoms with Crippen molar-refractivity contribution >= 4 is 11.9 Å². The first-order valence-corrected chi connectivity index (χ1v) is 7.56. The predicted octanol–water partition coefficient (Wildman–Crippen LogP) is 2.57. The molecule has 0 saturated heterocycles. The number of hydrogen-bond acceptors (Lipinski definition) is 2. The minimum atomic E-state index is -0.742. The van der Waals surface area contributed by atoms with Crippen molar-refractivity contribution < 1.29 is 14.7 Å². The maximum absolute atomic E-state index is 12.0. The summed E-state index contributed by atoms with van der Waals surface area (Å²) in [6.07, 6.45) is 7.81. The van der Waals surface area contributed by atoms with Gasteiger partial charge in [0.2, 0.25) is 5.91 Å². The van der Waals surface area contributed by atoms with Crippen LogP contribution in [-0.4, -0.2) is 23.5 Å². The van der Waals surface area contributed by atoms with Crippen LogP contribution in [0.3, 0.4) is 0 Å². The molecule has 2 fully saturated rings. The van der Waals surface area contributed by atoms with Crippen LogP contribution in [0.4, 0.5) is 0 Å². The molecule has 2 saturated carbocycles. The Kier molecular flexibility index (Phi) is 4.48. The monoisotopic (exact) mass is 267 g/mol. The molecule has 0 aliphatic heterocycles. The molecule has 2 N–H and O–H groups in total. The van der Waals surface area contributed by atoms with Crippen LogP contribution >= 0.6 is 0 Å². The first kappa shape index (κ1) is 14.4. The number of carboxylic acid groups (broad SMARTS) is 1. The van der Waals surface area contributed by atoms with E-state index in [9.17, 15) is 14.7 Å². The topological polar surface area (TPSA) is 66.4 Å². The van der Waals surface area contributed by atoms with Crippen molar-refractivity contribution in [2.45, 2.75) is 58.3 Å². The van der Waals surface area contributed by atoms with E-state index in [4.69, 9.17) is 0 Å². The van der Waals surface area contributed by atoms with Gasteiger partial charge in [0.15, 0.2) is 0 Å². The average molecular weight is 267 g/mol. The van der Waals surface area contributed by atoms with Crippen LogP contribution in [0.15, 0.2) is 0 Å². The van der Waals surface area contributed by atoms with Gasteiger partial charge >= 0.3 is 5.97 Å². The predicted molar refractivity (Wildman–Crippen MR) is 72.7 cm³/mol. The summed E-state index contributed by atoms with van der Waals surface area (Å²) in [4.78, 5) is 23.6. The number of carbonyl (C=O) groups excluding carboxylic acids is 1. The van der Waals surface area contributed by atoms with Gasteiger partial charge in [-0.3, -0.25) is 9.59 Å². The molecule has 2 rings (SSSR count). The highest BCUT2D eigenvalue weighted by atomic mass is 16.4. The molecule has 1 amide bonds. The summed E-state index contributed by atoms with van der Waals surface area (Å²) < 4.78 is 0. The lowest BCUT2D eigenvalue weighted by Crippen LogP contribution is -2.44. The zero-order valence-electron chi connectivity index (χ0n) is 11.8. The van der Waals surface area contributed by atoms with Gasteiger partial charge in [0, 0.05) is 12.5 Å². The Balaban J connectivity index is 1.92. The normalized spacial score (nSPS) is 24.3. The Morgan fingerprint density at radius 3 is 2.26 bits per heavy atom. The minimum absolute atomic E-state index is 0.0346. The number of amides is 1. The van der Waals surface area contributed by atoms with Crippen LogP contribution in [0, 0.1) is 17.3 Å². The number of carboxylic acids is 1. The Morgan fingerprint density at radius 1 is 1.21 bits per heavy atom. The van der Waals surface area contributed by atoms with Crippen molar-refractivity contribution in [1.82, 2.24) is 5.32 Å². The van der Waals surface area contributed by atoms with Crippen LogP contribution < -0.4 is 5.32 Å². The molecule has 4 nitrogen and oxygen atoms in total. The van der Waals surface area contributed by atoms with Gasteiger partial charge in [-0.1, -0.05) is 32.6 Å². The van der Waals surface area contributed by atoms with E-state index in [1.54, 1.807) is 0 Å². The van der Waals surface area contributed by atoms with Crippen LogP contribution in [-0.2, 0) is 9.59 Å². The van der Waals surface area contributed by atoms with Gasteiger partial charge in [0.05, 0.1) is 5.41 Å². The van der Waals surface area contributed by atoms with Crippen molar-refractivity contribution in [3.8, 4) is 0 Å². The molecule has 19 heavy (non-hydrogen) atoms. The van der Waals surface area contributed by atoms with Crippen molar-refractivity contribution in [2.75, 3.05) is 6.54 Å². The van der Waals surface area contributed by atoms with Crippen molar-refractivity contribution in [2.24, 2.45) is 17.3 Å². The summed E-state index contributed by atoms with van der Waals surface area (Å²) in [7, 11) is 0. The second-order valence-electron chi connectivity index (χ2n) is 6.34. The summed E-state index contributed by atoms with van der Waals surface area (Å²) in [5.74, 6) is -0.146. The molecule has 0 aromatic rings.